The van der Waals surface area contributed by atoms with E-state index in [0.29, 0.717) is 182 Å². The van der Waals surface area contributed by atoms with Gasteiger partial charge in [-0.1, -0.05) is 129 Å². The zero-order valence-corrected chi connectivity index (χ0v) is 87.4. The third kappa shape index (κ3) is 21.9. The molecular formula is C112H148ClN11O22S4. The van der Waals surface area contributed by atoms with E-state index in [0.717, 1.165) is 66.5 Å². The van der Waals surface area contributed by atoms with Crippen LogP contribution in [0.3, 0.4) is 0 Å². The van der Waals surface area contributed by atoms with Gasteiger partial charge in [0.05, 0.1) is 123 Å². The van der Waals surface area contributed by atoms with Crippen LogP contribution in [0.2, 0.25) is 5.02 Å². The maximum absolute atomic E-state index is 13.6. The molecule has 814 valence electrons. The number of phenols is 2. The molecule has 4 aromatic heterocycles. The maximum atomic E-state index is 13.6. The first kappa shape index (κ1) is 107. The number of phenolic OH excluding ortho intramolecular Hbond substituents is 2. The Morgan fingerprint density at radius 3 is 1.08 bits per heavy atom. The fourth-order valence-corrected chi connectivity index (χ4v) is 27.6. The molecule has 38 heteroatoms. The number of Topliss-reactive ketones (excluding diaryl/α,β-unsaturated/α-hetero) is 1. The van der Waals surface area contributed by atoms with Crippen molar-refractivity contribution in [2.45, 2.75) is 200 Å². The molecule has 10 N–H and O–H groups in total. The lowest BCUT2D eigenvalue weighted by atomic mass is 9.82. The number of sulfonamides is 4. The first-order chi connectivity index (χ1) is 72.0. The van der Waals surface area contributed by atoms with E-state index in [1.807, 2.05) is 42.5 Å². The molecule has 21 rings (SSSR count). The van der Waals surface area contributed by atoms with Crippen molar-refractivity contribution in [1.29, 1.82) is 0 Å². The third-order valence-corrected chi connectivity index (χ3v) is 38.4. The van der Waals surface area contributed by atoms with Crippen molar-refractivity contribution < 1.29 is 123 Å². The number of aromatic nitrogens is 4. The number of nitrogens with zero attached hydrogens (tertiary/aromatic N) is 8. The minimum Gasteiger partial charge on any atom is -0.506 e. The zero-order valence-electron chi connectivity index (χ0n) is 83.3. The van der Waals surface area contributed by atoms with E-state index >= 15 is 0 Å². The van der Waals surface area contributed by atoms with Gasteiger partial charge >= 0.3 is 0 Å². The number of carbonyl (C=O) groups excluding carboxylic acids is 4. The highest BCUT2D eigenvalue weighted by atomic mass is 35.5. The van der Waals surface area contributed by atoms with E-state index in [1.54, 1.807) is 177 Å². The van der Waals surface area contributed by atoms with Gasteiger partial charge in [-0.2, -0.15) is 17.2 Å². The number of halogens is 1. The van der Waals surface area contributed by atoms with Crippen molar-refractivity contribution in [1.82, 2.24) is 37.2 Å². The summed E-state index contributed by atoms with van der Waals surface area (Å²) in [5.74, 6) is 2.54. The number of rotatable bonds is 32. The van der Waals surface area contributed by atoms with Crippen LogP contribution in [0, 0.1) is 0 Å². The Hall–Kier alpha value is -12.8. The quantitative estimate of drug-likeness (QED) is 0.0187. The fourth-order valence-electron chi connectivity index (χ4n) is 20.7. The lowest BCUT2D eigenvalue weighted by Crippen LogP contribution is -2.37. The number of aliphatic hydroxyl groups is 5. The number of fused-ring (bicyclic) bond motifs is 1. The lowest BCUT2D eigenvalue weighted by molar-refractivity contribution is -0.121. The van der Waals surface area contributed by atoms with Crippen LogP contribution in [0.4, 0.5) is 17.5 Å². The molecule has 8 aromatic carbocycles. The number of benzene rings is 8. The van der Waals surface area contributed by atoms with Crippen molar-refractivity contribution in [3.63, 3.8) is 0 Å². The van der Waals surface area contributed by atoms with Gasteiger partial charge < -0.3 is 65.9 Å². The van der Waals surface area contributed by atoms with Crippen LogP contribution in [-0.2, 0) is 99.4 Å². The largest absolute Gasteiger partial charge is 0.506 e. The molecule has 4 saturated carbocycles. The summed E-state index contributed by atoms with van der Waals surface area (Å²) in [6, 6.07) is 67.5. The van der Waals surface area contributed by atoms with Gasteiger partial charge in [-0.3, -0.25) is 24.2 Å². The highest BCUT2D eigenvalue weighted by Crippen LogP contribution is 2.55. The van der Waals surface area contributed by atoms with Crippen LogP contribution in [-0.4, -0.2) is 228 Å². The summed E-state index contributed by atoms with van der Waals surface area (Å²) >= 11 is 5.91. The van der Waals surface area contributed by atoms with Crippen molar-refractivity contribution in [3.8, 4) is 73.8 Å². The molecule has 8 fully saturated rings. The molecule has 12 aromatic rings. The number of carbonyl (C=O) groups is 4. The molecule has 0 spiro atoms. The van der Waals surface area contributed by atoms with Crippen LogP contribution in [0.25, 0.3) is 45.0 Å². The minimum absolute atomic E-state index is 0. The minimum atomic E-state index is -3.70. The van der Waals surface area contributed by atoms with Crippen LogP contribution >= 0.6 is 11.6 Å². The summed E-state index contributed by atoms with van der Waals surface area (Å²) in [5.41, 5.74) is 8.63. The van der Waals surface area contributed by atoms with Gasteiger partial charge in [0.1, 0.15) is 40.5 Å². The Bertz CT molecular complexity index is 7640. The molecule has 33 nitrogen and oxygen atoms in total. The van der Waals surface area contributed by atoms with Crippen LogP contribution in [0.1, 0.15) is 176 Å². The highest BCUT2D eigenvalue weighted by molar-refractivity contribution is 7.90. The average Bonchev–Trinajstić information content (AvgIpc) is 1.62. The summed E-state index contributed by atoms with van der Waals surface area (Å²) in [5, 5.41) is 76.6. The molecule has 9 aliphatic rings. The van der Waals surface area contributed by atoms with E-state index in [9.17, 15) is 88.6 Å². The summed E-state index contributed by atoms with van der Waals surface area (Å²) in [6.07, 6.45) is 11.5. The molecule has 4 saturated heterocycles. The van der Waals surface area contributed by atoms with E-state index in [4.69, 9.17) is 30.8 Å². The number of aromatic hydroxyl groups is 2. The van der Waals surface area contributed by atoms with Gasteiger partial charge in [-0.15, -0.1) is 0 Å². The molecule has 0 unspecified atom stereocenters. The summed E-state index contributed by atoms with van der Waals surface area (Å²) < 4.78 is 126. The number of hydrogen-bond donors (Lipinski definition) is 10. The van der Waals surface area contributed by atoms with Crippen LogP contribution < -0.4 is 30.2 Å². The van der Waals surface area contributed by atoms with Gasteiger partial charge in [0, 0.05) is 121 Å². The number of aliphatic hydroxyl groups excluding tert-OH is 5. The third-order valence-electron chi connectivity index (χ3n) is 30.2. The highest BCUT2D eigenvalue weighted by Gasteiger charge is 2.56. The number of anilines is 3. The van der Waals surface area contributed by atoms with Crippen LogP contribution in [0.5, 0.6) is 28.7 Å². The summed E-state index contributed by atoms with van der Waals surface area (Å²) in [7, 11) is -11.7. The van der Waals surface area contributed by atoms with E-state index < -0.39 is 61.8 Å². The molecule has 0 radical (unpaired) electrons. The number of ketones is 1. The van der Waals surface area contributed by atoms with Crippen molar-refractivity contribution in [3.05, 3.63) is 287 Å². The number of nitrogens with one attached hydrogen (secondary N) is 3. The first-order valence-electron chi connectivity index (χ1n) is 50.2. The Balaban J connectivity index is 0.000000441. The SMILES string of the molecule is CC1(C)COc2ccc(C3(C(=O)Cc4cccc(-c5ccc(S(=O)(=O)N6CCC[C@@H]6CO)cc5)n4)CC3)cc21.COc1cc(C2(C(=O)Nc3cccc(-c4ccc(S(=O)(=O)N5CCC[C@@H]5CO)cc4)n3)CC2)ccc1O.COc1ccc(C2(C(=O)Nc3cccc(-c4ccc(S(=O)(=O)N5CCC[C@@H]5CO)cc4)n3)CC2)cc1CO.O=C(Nc1cccc(-c2ccc(S(=O)(=O)N3CCC[C@@H]3CO)cc2)n1)C1(c2ccc(Cl)c(O)c2)CC1.[HH].[HH].[HH].[HH].[HH].[HH].[HH].[HH].[HH].[HH].[HH].[HH].[HH].[HH]. The number of methoxy groups -OCH3 is 2. The van der Waals surface area contributed by atoms with E-state index in [2.05, 4.69) is 50.8 Å². The van der Waals surface area contributed by atoms with Gasteiger partial charge in [0.2, 0.25) is 57.8 Å². The molecular weight excluding hydrogens is 2020 g/mol. The van der Waals surface area contributed by atoms with E-state index in [1.165, 1.54) is 54.2 Å². The first-order valence-corrected chi connectivity index (χ1v) is 56.3. The van der Waals surface area contributed by atoms with Crippen molar-refractivity contribution in [2.75, 3.05) is 89.4 Å². The zero-order chi connectivity index (χ0) is 106. The Morgan fingerprint density at radius 2 is 0.727 bits per heavy atom. The predicted octanol–water partition coefficient (Wildman–Crippen LogP) is 18.1. The number of amides is 3. The second kappa shape index (κ2) is 43.9. The van der Waals surface area contributed by atoms with Gasteiger partial charge in [0.15, 0.2) is 11.5 Å². The second-order valence-corrected chi connectivity index (χ2v) is 48.1. The van der Waals surface area contributed by atoms with Gasteiger partial charge in [0.25, 0.3) is 0 Å². The number of ether oxygens (including phenoxy) is 3. The van der Waals surface area contributed by atoms with Crippen LogP contribution in [0.15, 0.2) is 262 Å². The molecule has 4 aliphatic carbocycles. The van der Waals surface area contributed by atoms with Crippen molar-refractivity contribution in [2.24, 2.45) is 0 Å². The molecule has 150 heavy (non-hydrogen) atoms. The Kier molecular flexibility index (Phi) is 31.3. The molecule has 9 heterocycles. The molecule has 3 amide bonds. The normalized spacial score (nSPS) is 19.6. The molecule has 4 atom stereocenters. The van der Waals surface area contributed by atoms with Gasteiger partial charge in [-0.05, 0) is 265 Å². The molecule has 0 bridgehead atoms. The predicted molar refractivity (Wildman–Crippen MR) is 594 cm³/mol. The summed E-state index contributed by atoms with van der Waals surface area (Å²) in [6.45, 7) is 5.67. The average molecular weight is 2160 g/mol. The number of hydrogen-bond acceptors (Lipinski definition) is 26. The van der Waals surface area contributed by atoms with Gasteiger partial charge in [-0.25, -0.2) is 48.6 Å². The standard InChI is InChI=1S/C31H34N2O5S.C28H31N3O6S.C27H29N3O6S.C26H26ClN3O5S.14H2/c1-30(2)20-38-28-13-10-22(17-26(28)30)31(14-15-31)29(35)18-23-5-3-7-27(32-23)21-8-11-25(12-9-21)39(36,37)33-16-4-6-24(33)19-34;1-37-25-12-9-21(16-20(25)17-32)28(13-14-28)27(34)30-26-6-2-5-24(29-26)19-7-10-23(11-8-19)38(35,36)31-15-3-4-22(31)18-33;1-36-24-16-19(9-12-23(24)32)27(13-14-27)26(33)29-25-6-2-5-22(28-25)18-7-10-21(11-8-18)37(34,35)30-15-3-4-20(30)17-31;27-21-11-8-18(15-23(21)32)26(12-13-26)25(33)29-24-5-1-4-22(28-24)17-6-9-20(10-7-17)36(34,35)30-14-2-3-19(30)16-31;;;;;;;;;;;;;;/h3,5,7-13,17,24,34H,4,6,14-16,18-20H2,1-2H3;2,5-12,16,22,32-33H,3-4,13-15,17-18H2,1H3,(H,29,30,34);2,5-12,16,20,31-32H,3-4,13-15,17H2,1H3,(H,28,29,33);1,4-11,15,19,31-32H,2-3,12-14,16H2,(H,28,29,33);14*1H/t24-;22-;20-;19-;;;;;;;;;;;;;;/m1111............../s1. The monoisotopic (exact) mass is 2160 g/mol. The Morgan fingerprint density at radius 1 is 0.393 bits per heavy atom. The van der Waals surface area contributed by atoms with E-state index in [-0.39, 0.29) is 149 Å². The molecule has 5 aliphatic heterocycles. The Labute approximate surface area is 897 Å². The fraction of sp³-hybridized carbons (Fsp3) is 0.357. The summed E-state index contributed by atoms with van der Waals surface area (Å²) in [4.78, 5) is 72.4. The maximum Gasteiger partial charge on any atom is 0.243 e. The second-order valence-electron chi connectivity index (χ2n) is 40.1. The number of pyridine rings is 4. The van der Waals surface area contributed by atoms with Crippen molar-refractivity contribution >= 4 is 92.7 Å². The topological polar surface area (TPSA) is 475 Å². The lowest BCUT2D eigenvalue weighted by Gasteiger charge is -2.22. The smallest absolute Gasteiger partial charge is 0.243 e.